The second-order valence-electron chi connectivity index (χ2n) is 4.90. The highest BCUT2D eigenvalue weighted by Crippen LogP contribution is 2.32. The molecule has 2 aromatic heterocycles. The van der Waals surface area contributed by atoms with Crippen molar-refractivity contribution in [2.24, 2.45) is 0 Å². The van der Waals surface area contributed by atoms with Gasteiger partial charge in [0.25, 0.3) is 11.8 Å². The summed E-state index contributed by atoms with van der Waals surface area (Å²) in [6.45, 7) is 1.75. The molecule has 1 aromatic carbocycles. The van der Waals surface area contributed by atoms with Crippen LogP contribution >= 0.6 is 23.2 Å². The molecule has 25 heavy (non-hydrogen) atoms. The predicted molar refractivity (Wildman–Crippen MR) is 85.8 cm³/mol. The van der Waals surface area contributed by atoms with E-state index in [9.17, 15) is 8.78 Å². The lowest BCUT2D eigenvalue weighted by Crippen LogP contribution is -2.07. The maximum atomic E-state index is 12.5. The molecule has 0 radical (unpaired) electrons. The van der Waals surface area contributed by atoms with Gasteiger partial charge in [-0.05, 0) is 19.1 Å². The second-order valence-corrected chi connectivity index (χ2v) is 5.71. The fourth-order valence-corrected chi connectivity index (χ4v) is 2.75. The van der Waals surface area contributed by atoms with Crippen molar-refractivity contribution in [1.82, 2.24) is 20.2 Å². The average Bonchev–Trinajstić information content (AvgIpc) is 3.05. The molecule has 0 aliphatic rings. The van der Waals surface area contributed by atoms with Crippen LogP contribution in [0, 0.1) is 0 Å². The fourth-order valence-electron chi connectivity index (χ4n) is 2.04. The fraction of sp³-hybridized carbons (Fsp3) is 0.200. The number of nitrogens with zero attached hydrogens (tertiary/aromatic N) is 4. The maximum Gasteiger partial charge on any atom is 0.316 e. The molecule has 3 aromatic rings. The van der Waals surface area contributed by atoms with Crippen molar-refractivity contribution in [3.05, 3.63) is 52.1 Å². The third-order valence-corrected chi connectivity index (χ3v) is 3.85. The van der Waals surface area contributed by atoms with Crippen molar-refractivity contribution in [2.45, 2.75) is 19.5 Å². The maximum absolute atomic E-state index is 12.5. The standard InChI is InChI=1S/C15H10Cl2F2N4O2/c1-7(11-9(16)3-2-4-10(11)17)24-15-20-5-8(6-21-15)13-22-23-14(25-13)12(18)19/h2-7,12H,1H3. The van der Waals surface area contributed by atoms with E-state index in [1.165, 1.54) is 12.4 Å². The Morgan fingerprint density at radius 3 is 2.28 bits per heavy atom. The van der Waals surface area contributed by atoms with Crippen molar-refractivity contribution in [3.63, 3.8) is 0 Å². The Morgan fingerprint density at radius 1 is 1.08 bits per heavy atom. The smallest absolute Gasteiger partial charge is 0.316 e. The first-order valence-electron chi connectivity index (χ1n) is 7.00. The number of hydrogen-bond acceptors (Lipinski definition) is 6. The van der Waals surface area contributed by atoms with Crippen LogP contribution < -0.4 is 4.74 Å². The van der Waals surface area contributed by atoms with Gasteiger partial charge in [0, 0.05) is 28.0 Å². The van der Waals surface area contributed by atoms with Crippen LogP contribution in [0.25, 0.3) is 11.5 Å². The Balaban J connectivity index is 1.76. The van der Waals surface area contributed by atoms with Gasteiger partial charge in [-0.25, -0.2) is 9.97 Å². The Labute approximate surface area is 150 Å². The molecule has 0 fully saturated rings. The van der Waals surface area contributed by atoms with Crippen LogP contribution in [0.1, 0.15) is 30.9 Å². The second kappa shape index (κ2) is 7.28. The van der Waals surface area contributed by atoms with E-state index in [0.29, 0.717) is 15.6 Å². The Bertz CT molecular complexity index is 854. The molecule has 0 amide bonds. The summed E-state index contributed by atoms with van der Waals surface area (Å²) in [6, 6.07) is 5.18. The van der Waals surface area contributed by atoms with Gasteiger partial charge in [-0.3, -0.25) is 0 Å². The van der Waals surface area contributed by atoms with Gasteiger partial charge in [0.05, 0.1) is 5.56 Å². The van der Waals surface area contributed by atoms with Crippen molar-refractivity contribution < 1.29 is 17.9 Å². The van der Waals surface area contributed by atoms with Crippen molar-refractivity contribution in [1.29, 1.82) is 0 Å². The minimum Gasteiger partial charge on any atom is -0.455 e. The molecule has 0 aliphatic carbocycles. The summed E-state index contributed by atoms with van der Waals surface area (Å²) in [5.74, 6) is -0.874. The number of hydrogen-bond donors (Lipinski definition) is 0. The first kappa shape index (κ1) is 17.5. The zero-order chi connectivity index (χ0) is 18.0. The lowest BCUT2D eigenvalue weighted by molar-refractivity contribution is 0.116. The van der Waals surface area contributed by atoms with E-state index in [0.717, 1.165) is 0 Å². The lowest BCUT2D eigenvalue weighted by atomic mass is 10.1. The molecule has 130 valence electrons. The first-order chi connectivity index (χ1) is 12.0. The number of rotatable bonds is 5. The topological polar surface area (TPSA) is 73.9 Å². The summed E-state index contributed by atoms with van der Waals surface area (Å²) in [6.07, 6.45) is -0.690. The summed E-state index contributed by atoms with van der Waals surface area (Å²) in [5, 5.41) is 7.68. The molecule has 0 N–H and O–H groups in total. The number of benzene rings is 1. The molecule has 0 saturated carbocycles. The van der Waals surface area contributed by atoms with Crippen molar-refractivity contribution >= 4 is 23.2 Å². The summed E-state index contributed by atoms with van der Waals surface area (Å²) in [5.41, 5.74) is 0.896. The average molecular weight is 387 g/mol. The van der Waals surface area contributed by atoms with Gasteiger partial charge in [0.2, 0.25) is 0 Å². The monoisotopic (exact) mass is 386 g/mol. The van der Waals surface area contributed by atoms with E-state index in [1.807, 2.05) is 0 Å². The van der Waals surface area contributed by atoms with Crippen LogP contribution in [0.2, 0.25) is 10.0 Å². The van der Waals surface area contributed by atoms with Crippen LogP contribution in [0.5, 0.6) is 6.01 Å². The van der Waals surface area contributed by atoms with Gasteiger partial charge in [0.1, 0.15) is 6.10 Å². The van der Waals surface area contributed by atoms with Crippen LogP contribution in [0.15, 0.2) is 35.0 Å². The quantitative estimate of drug-likeness (QED) is 0.619. The van der Waals surface area contributed by atoms with Crippen LogP contribution in [-0.4, -0.2) is 20.2 Å². The van der Waals surface area contributed by atoms with Gasteiger partial charge in [-0.15, -0.1) is 10.2 Å². The zero-order valence-corrected chi connectivity index (χ0v) is 14.2. The summed E-state index contributed by atoms with van der Waals surface area (Å²) in [7, 11) is 0. The third-order valence-electron chi connectivity index (χ3n) is 3.19. The van der Waals surface area contributed by atoms with Crippen molar-refractivity contribution in [2.75, 3.05) is 0 Å². The molecule has 0 bridgehead atoms. The van der Waals surface area contributed by atoms with Crippen molar-refractivity contribution in [3.8, 4) is 17.5 Å². The number of halogens is 4. The summed E-state index contributed by atoms with van der Waals surface area (Å²) in [4.78, 5) is 8.00. The van der Waals surface area contributed by atoms with Crippen LogP contribution in [-0.2, 0) is 0 Å². The molecule has 1 unspecified atom stereocenters. The molecule has 0 saturated heterocycles. The molecule has 0 aliphatic heterocycles. The van der Waals surface area contributed by atoms with E-state index < -0.39 is 18.4 Å². The minimum atomic E-state index is -2.84. The first-order valence-corrected chi connectivity index (χ1v) is 7.76. The van der Waals surface area contributed by atoms with Gasteiger partial charge in [0.15, 0.2) is 0 Å². The van der Waals surface area contributed by atoms with Gasteiger partial charge >= 0.3 is 12.4 Å². The van der Waals surface area contributed by atoms with Crippen LogP contribution in [0.3, 0.4) is 0 Å². The predicted octanol–water partition coefficient (Wildman–Crippen LogP) is 4.91. The molecule has 2 heterocycles. The number of aromatic nitrogens is 4. The normalized spacial score (nSPS) is 12.4. The minimum absolute atomic E-state index is 0.0563. The van der Waals surface area contributed by atoms with E-state index in [4.69, 9.17) is 32.4 Å². The largest absolute Gasteiger partial charge is 0.455 e. The molecular formula is C15H10Cl2F2N4O2. The van der Waals surface area contributed by atoms with E-state index in [2.05, 4.69) is 20.2 Å². The SMILES string of the molecule is CC(Oc1ncc(-c2nnc(C(F)F)o2)cn1)c1c(Cl)cccc1Cl. The number of ether oxygens (including phenoxy) is 1. The van der Waals surface area contributed by atoms with Gasteiger partial charge < -0.3 is 9.15 Å². The third kappa shape index (κ3) is 3.85. The Hall–Kier alpha value is -2.32. The molecule has 1 atom stereocenters. The van der Waals surface area contributed by atoms with Gasteiger partial charge in [-0.2, -0.15) is 8.78 Å². The van der Waals surface area contributed by atoms with Crippen LogP contribution in [0.4, 0.5) is 8.78 Å². The summed E-state index contributed by atoms with van der Waals surface area (Å²) >= 11 is 12.3. The van der Waals surface area contributed by atoms with E-state index >= 15 is 0 Å². The van der Waals surface area contributed by atoms with E-state index in [1.54, 1.807) is 25.1 Å². The molecule has 6 nitrogen and oxygen atoms in total. The summed E-state index contributed by atoms with van der Waals surface area (Å²) < 4.78 is 35.4. The molecule has 10 heteroatoms. The van der Waals surface area contributed by atoms with E-state index in [-0.39, 0.29) is 17.5 Å². The molecular weight excluding hydrogens is 377 g/mol. The highest BCUT2D eigenvalue weighted by molar-refractivity contribution is 6.36. The number of alkyl halides is 2. The molecule has 0 spiro atoms. The molecule has 3 rings (SSSR count). The zero-order valence-electron chi connectivity index (χ0n) is 12.7. The highest BCUT2D eigenvalue weighted by Gasteiger charge is 2.19. The Kier molecular flexibility index (Phi) is 5.10. The van der Waals surface area contributed by atoms with Gasteiger partial charge in [-0.1, -0.05) is 29.3 Å². The Morgan fingerprint density at radius 2 is 1.72 bits per heavy atom. The highest BCUT2D eigenvalue weighted by atomic mass is 35.5. The lowest BCUT2D eigenvalue weighted by Gasteiger charge is -2.16.